The summed E-state index contributed by atoms with van der Waals surface area (Å²) in [4.78, 5) is 0. The number of fused-ring (bicyclic) bond motifs is 7. The van der Waals surface area contributed by atoms with E-state index in [0.717, 1.165) is 48.9 Å². The molecule has 5 aliphatic rings. The Morgan fingerprint density at radius 3 is 2.51 bits per heavy atom. The molecule has 2 nitrogen and oxygen atoms in total. The molecule has 5 fully saturated rings. The molecule has 1 N–H and O–H groups in total. The van der Waals surface area contributed by atoms with Crippen molar-refractivity contribution in [2.24, 2.45) is 57.7 Å². The van der Waals surface area contributed by atoms with Gasteiger partial charge >= 0.3 is 0 Å². The van der Waals surface area contributed by atoms with Gasteiger partial charge in [0, 0.05) is 18.9 Å². The number of aliphatic hydroxyl groups excluding tert-OH is 1. The van der Waals surface area contributed by atoms with E-state index in [1.807, 2.05) is 0 Å². The highest BCUT2D eigenvalue weighted by molar-refractivity contribution is 5.20. The average molecular weight is 485 g/mol. The average Bonchev–Trinajstić information content (AvgIpc) is 3.27. The first-order valence-electron chi connectivity index (χ1n) is 15.5. The van der Waals surface area contributed by atoms with Gasteiger partial charge in [0.05, 0.1) is 5.76 Å². The minimum atomic E-state index is 0.0449. The third-order valence-electron chi connectivity index (χ3n) is 13.4. The first-order chi connectivity index (χ1) is 16.5. The molecule has 0 amide bonds. The Labute approximate surface area is 217 Å². The SMILES string of the molecule is CCC(C)(C)[C@H]1CC[C@@]2(C)C(CC[C@@H]3C2CC[C@@]2(C)C3CC3(C)O/C(=C\CCC(C)CO)CC32)C1. The molecule has 2 heteroatoms. The lowest BCUT2D eigenvalue weighted by Gasteiger charge is -2.62. The Bertz CT molecular complexity index is 814. The molecule has 0 radical (unpaired) electrons. The van der Waals surface area contributed by atoms with E-state index in [4.69, 9.17) is 4.74 Å². The predicted molar refractivity (Wildman–Crippen MR) is 146 cm³/mol. The first-order valence-corrected chi connectivity index (χ1v) is 15.5. The lowest BCUT2D eigenvalue weighted by Crippen LogP contribution is -2.54. The van der Waals surface area contributed by atoms with E-state index >= 15 is 0 Å². The van der Waals surface area contributed by atoms with Crippen LogP contribution in [0.5, 0.6) is 0 Å². The van der Waals surface area contributed by atoms with E-state index < -0.39 is 0 Å². The summed E-state index contributed by atoms with van der Waals surface area (Å²) in [5, 5.41) is 9.36. The van der Waals surface area contributed by atoms with Crippen LogP contribution in [0.4, 0.5) is 0 Å². The van der Waals surface area contributed by atoms with Gasteiger partial charge in [-0.05, 0) is 129 Å². The largest absolute Gasteiger partial charge is 0.492 e. The van der Waals surface area contributed by atoms with Gasteiger partial charge in [-0.15, -0.1) is 0 Å². The molecule has 1 aliphatic heterocycles. The van der Waals surface area contributed by atoms with Crippen LogP contribution in [0.25, 0.3) is 0 Å². The van der Waals surface area contributed by atoms with Crippen LogP contribution in [0, 0.1) is 57.7 Å². The molecule has 10 atom stereocenters. The molecule has 0 aromatic carbocycles. The van der Waals surface area contributed by atoms with Crippen molar-refractivity contribution >= 4 is 0 Å². The molecule has 6 unspecified atom stereocenters. The van der Waals surface area contributed by atoms with Crippen molar-refractivity contribution in [1.29, 1.82) is 0 Å². The van der Waals surface area contributed by atoms with E-state index in [-0.39, 0.29) is 5.60 Å². The van der Waals surface area contributed by atoms with Gasteiger partial charge in [0.15, 0.2) is 0 Å². The Kier molecular flexibility index (Phi) is 6.76. The van der Waals surface area contributed by atoms with E-state index in [1.165, 1.54) is 63.5 Å². The molecule has 200 valence electrons. The van der Waals surface area contributed by atoms with Crippen molar-refractivity contribution in [3.63, 3.8) is 0 Å². The smallest absolute Gasteiger partial charge is 0.110 e. The second-order valence-electron chi connectivity index (χ2n) is 15.4. The molecule has 5 rings (SSSR count). The lowest BCUT2D eigenvalue weighted by molar-refractivity contribution is -0.125. The van der Waals surface area contributed by atoms with Crippen LogP contribution < -0.4 is 0 Å². The van der Waals surface area contributed by atoms with E-state index in [2.05, 4.69) is 54.5 Å². The maximum Gasteiger partial charge on any atom is 0.110 e. The normalized spacial score (nSPS) is 49.1. The predicted octanol–water partition coefficient (Wildman–Crippen LogP) is 8.78. The van der Waals surface area contributed by atoms with Crippen LogP contribution >= 0.6 is 0 Å². The van der Waals surface area contributed by atoms with Crippen LogP contribution in [0.15, 0.2) is 11.8 Å². The van der Waals surface area contributed by atoms with Gasteiger partial charge in [0.1, 0.15) is 5.60 Å². The fourth-order valence-corrected chi connectivity index (χ4v) is 10.5. The van der Waals surface area contributed by atoms with Gasteiger partial charge in [-0.25, -0.2) is 0 Å². The summed E-state index contributed by atoms with van der Waals surface area (Å²) in [7, 11) is 0. The quantitative estimate of drug-likeness (QED) is 0.408. The zero-order valence-electron chi connectivity index (χ0n) is 24.2. The molecular weight excluding hydrogens is 428 g/mol. The van der Waals surface area contributed by atoms with Crippen LogP contribution in [0.2, 0.25) is 0 Å². The summed E-state index contributed by atoms with van der Waals surface area (Å²) < 4.78 is 6.82. The third kappa shape index (κ3) is 4.15. The molecule has 0 spiro atoms. The maximum atomic E-state index is 9.36. The zero-order chi connectivity index (χ0) is 25.2. The first kappa shape index (κ1) is 26.1. The van der Waals surface area contributed by atoms with Crippen molar-refractivity contribution in [3.8, 4) is 0 Å². The monoisotopic (exact) mass is 484 g/mol. The summed E-state index contributed by atoms with van der Waals surface area (Å²) in [6.45, 7) is 17.8. The van der Waals surface area contributed by atoms with Crippen LogP contribution in [0.3, 0.4) is 0 Å². The Hall–Kier alpha value is -0.500. The van der Waals surface area contributed by atoms with Crippen LogP contribution in [-0.4, -0.2) is 17.3 Å². The fourth-order valence-electron chi connectivity index (χ4n) is 10.5. The van der Waals surface area contributed by atoms with Crippen molar-refractivity contribution in [3.05, 3.63) is 11.8 Å². The number of hydrogen-bond acceptors (Lipinski definition) is 2. The molecule has 1 heterocycles. The summed E-state index contributed by atoms with van der Waals surface area (Å²) in [5.74, 6) is 6.96. The number of allylic oxidation sites excluding steroid dienone is 2. The standard InChI is InChI=1S/C33H56O2/c1-8-30(3,4)23-14-16-31(5)24(18-23)12-13-26-27(31)15-17-32(6)28(26)20-33(7)29(32)19-25(35-33)11-9-10-22(2)21-34/h11,22-24,26-29,34H,8-10,12-21H2,1-7H3/b25-11-/t22?,23-,24?,26+,27?,28?,29?,31-,32-,33?/m0/s1. The Morgan fingerprint density at radius 2 is 1.80 bits per heavy atom. The molecule has 0 bridgehead atoms. The van der Waals surface area contributed by atoms with Gasteiger partial charge in [-0.3, -0.25) is 0 Å². The molecule has 4 saturated carbocycles. The van der Waals surface area contributed by atoms with Crippen molar-refractivity contribution in [1.82, 2.24) is 0 Å². The molecule has 0 aromatic heterocycles. The van der Waals surface area contributed by atoms with E-state index in [0.29, 0.717) is 34.7 Å². The van der Waals surface area contributed by atoms with Crippen molar-refractivity contribution in [2.75, 3.05) is 6.61 Å². The Morgan fingerprint density at radius 1 is 1.06 bits per heavy atom. The van der Waals surface area contributed by atoms with Crippen molar-refractivity contribution < 1.29 is 9.84 Å². The van der Waals surface area contributed by atoms with Gasteiger partial charge in [0.2, 0.25) is 0 Å². The van der Waals surface area contributed by atoms with Crippen LogP contribution in [0.1, 0.15) is 126 Å². The summed E-state index contributed by atoms with van der Waals surface area (Å²) in [6, 6.07) is 0. The third-order valence-corrected chi connectivity index (χ3v) is 13.4. The topological polar surface area (TPSA) is 29.5 Å². The highest BCUT2D eigenvalue weighted by atomic mass is 16.5. The minimum absolute atomic E-state index is 0.0449. The minimum Gasteiger partial charge on any atom is -0.492 e. The number of hydrogen-bond donors (Lipinski definition) is 1. The number of rotatable bonds is 6. The second kappa shape index (κ2) is 9.06. The summed E-state index contributed by atoms with van der Waals surface area (Å²) in [6.07, 6.45) is 18.5. The van der Waals surface area contributed by atoms with Gasteiger partial charge < -0.3 is 9.84 Å². The van der Waals surface area contributed by atoms with Gasteiger partial charge in [0.25, 0.3) is 0 Å². The molecule has 1 saturated heterocycles. The number of aliphatic hydroxyl groups is 1. The maximum absolute atomic E-state index is 9.36. The molecular formula is C33H56O2. The fraction of sp³-hybridized carbons (Fsp3) is 0.939. The molecule has 35 heavy (non-hydrogen) atoms. The van der Waals surface area contributed by atoms with Crippen LogP contribution in [-0.2, 0) is 4.74 Å². The molecule has 4 aliphatic carbocycles. The van der Waals surface area contributed by atoms with E-state index in [1.54, 1.807) is 0 Å². The highest BCUT2D eigenvalue weighted by Crippen LogP contribution is 2.72. The second-order valence-corrected chi connectivity index (χ2v) is 15.4. The zero-order valence-corrected chi connectivity index (χ0v) is 24.2. The van der Waals surface area contributed by atoms with Gasteiger partial charge in [-0.2, -0.15) is 0 Å². The van der Waals surface area contributed by atoms with E-state index in [9.17, 15) is 5.11 Å². The lowest BCUT2D eigenvalue weighted by atomic mass is 9.43. The number of ether oxygens (including phenoxy) is 1. The molecule has 0 aromatic rings. The summed E-state index contributed by atoms with van der Waals surface area (Å²) >= 11 is 0. The van der Waals surface area contributed by atoms with Crippen molar-refractivity contribution in [2.45, 2.75) is 131 Å². The summed E-state index contributed by atoms with van der Waals surface area (Å²) in [5.41, 5.74) is 1.59. The highest BCUT2D eigenvalue weighted by Gasteiger charge is 2.67. The van der Waals surface area contributed by atoms with Gasteiger partial charge in [-0.1, -0.05) is 48.0 Å². The Balaban J connectivity index is 1.30.